The molecule has 0 saturated carbocycles. The molecule has 0 saturated heterocycles. The number of carbonyl (C=O) groups excluding carboxylic acids is 1. The molecule has 0 unspecified atom stereocenters. The second kappa shape index (κ2) is 9.71. The van der Waals surface area contributed by atoms with E-state index in [0.29, 0.717) is 43.3 Å². The highest BCUT2D eigenvalue weighted by Gasteiger charge is 2.10. The van der Waals surface area contributed by atoms with Gasteiger partial charge in [-0.05, 0) is 30.2 Å². The Morgan fingerprint density at radius 1 is 1.00 bits per heavy atom. The maximum absolute atomic E-state index is 12.1. The van der Waals surface area contributed by atoms with Crippen LogP contribution >= 0.6 is 0 Å². The van der Waals surface area contributed by atoms with E-state index in [-0.39, 0.29) is 5.91 Å². The van der Waals surface area contributed by atoms with Crippen molar-refractivity contribution in [1.82, 2.24) is 25.1 Å². The Morgan fingerprint density at radius 2 is 1.81 bits per heavy atom. The number of amides is 1. The van der Waals surface area contributed by atoms with Gasteiger partial charge in [0, 0.05) is 18.1 Å². The predicted molar refractivity (Wildman–Crippen MR) is 116 cm³/mol. The molecule has 0 aliphatic rings. The van der Waals surface area contributed by atoms with E-state index in [2.05, 4.69) is 20.6 Å². The lowest BCUT2D eigenvalue weighted by atomic mass is 10.1. The molecule has 2 heterocycles. The molecule has 158 valence electrons. The van der Waals surface area contributed by atoms with Gasteiger partial charge in [-0.3, -0.25) is 4.79 Å². The van der Waals surface area contributed by atoms with Crippen molar-refractivity contribution in [3.05, 3.63) is 72.3 Å². The summed E-state index contributed by atoms with van der Waals surface area (Å²) >= 11 is 0. The first-order valence-corrected chi connectivity index (χ1v) is 10.0. The molecule has 0 bridgehead atoms. The van der Waals surface area contributed by atoms with E-state index in [0.717, 1.165) is 16.9 Å². The number of hydrogen-bond acceptors (Lipinski definition) is 6. The van der Waals surface area contributed by atoms with Gasteiger partial charge in [-0.1, -0.05) is 42.5 Å². The first-order valence-electron chi connectivity index (χ1n) is 10.0. The van der Waals surface area contributed by atoms with E-state index >= 15 is 0 Å². The number of carbonyl (C=O) groups is 1. The third-order valence-electron chi connectivity index (χ3n) is 4.74. The minimum Gasteiger partial charge on any atom is -0.497 e. The maximum atomic E-state index is 12.1. The lowest BCUT2D eigenvalue weighted by Crippen LogP contribution is -2.28. The summed E-state index contributed by atoms with van der Waals surface area (Å²) in [6, 6.07) is 21.0. The van der Waals surface area contributed by atoms with Gasteiger partial charge in [0.1, 0.15) is 12.4 Å². The number of rotatable bonds is 9. The predicted octanol–water partition coefficient (Wildman–Crippen LogP) is 2.93. The van der Waals surface area contributed by atoms with Crippen LogP contribution in [0.5, 0.6) is 11.6 Å². The fraction of sp³-hybridized carbons (Fsp3) is 0.217. The zero-order valence-electron chi connectivity index (χ0n) is 17.2. The van der Waals surface area contributed by atoms with Gasteiger partial charge in [-0.25, -0.2) is 0 Å². The van der Waals surface area contributed by atoms with Crippen LogP contribution in [0.25, 0.3) is 17.0 Å². The summed E-state index contributed by atoms with van der Waals surface area (Å²) in [7, 11) is 1.63. The molecule has 4 aromatic rings. The van der Waals surface area contributed by atoms with E-state index in [4.69, 9.17) is 9.47 Å². The van der Waals surface area contributed by atoms with E-state index in [1.807, 2.05) is 54.6 Å². The molecule has 1 amide bonds. The molecule has 8 nitrogen and oxygen atoms in total. The molecule has 0 aliphatic heterocycles. The zero-order valence-corrected chi connectivity index (χ0v) is 17.2. The molecule has 31 heavy (non-hydrogen) atoms. The van der Waals surface area contributed by atoms with Crippen molar-refractivity contribution in [1.29, 1.82) is 0 Å². The Hall–Kier alpha value is -3.94. The molecule has 2 aromatic heterocycles. The van der Waals surface area contributed by atoms with Crippen LogP contribution in [0.2, 0.25) is 0 Å². The van der Waals surface area contributed by atoms with Crippen LogP contribution in [0.15, 0.2) is 66.7 Å². The monoisotopic (exact) mass is 417 g/mol. The van der Waals surface area contributed by atoms with Gasteiger partial charge in [-0.2, -0.15) is 4.52 Å². The number of aromatic nitrogens is 4. The minimum atomic E-state index is -0.0204. The van der Waals surface area contributed by atoms with E-state index in [1.165, 1.54) is 0 Å². The molecule has 0 atom stereocenters. The largest absolute Gasteiger partial charge is 0.497 e. The van der Waals surface area contributed by atoms with Crippen molar-refractivity contribution < 1.29 is 14.3 Å². The highest BCUT2D eigenvalue weighted by atomic mass is 16.5. The van der Waals surface area contributed by atoms with E-state index in [9.17, 15) is 4.79 Å². The second-order valence-electron chi connectivity index (χ2n) is 6.88. The highest BCUT2D eigenvalue weighted by Crippen LogP contribution is 2.18. The summed E-state index contributed by atoms with van der Waals surface area (Å²) in [5, 5.41) is 15.7. The molecule has 1 N–H and O–H groups in total. The summed E-state index contributed by atoms with van der Waals surface area (Å²) in [5.41, 5.74) is 2.65. The number of aryl methyl sites for hydroxylation is 1. The number of methoxy groups -OCH3 is 1. The number of benzene rings is 2. The van der Waals surface area contributed by atoms with Gasteiger partial charge in [-0.15, -0.1) is 15.3 Å². The molecule has 0 spiro atoms. The molecular formula is C23H23N5O3. The van der Waals surface area contributed by atoms with Crippen LogP contribution < -0.4 is 14.8 Å². The Kier molecular flexibility index (Phi) is 6.37. The molecule has 4 rings (SSSR count). The molecule has 0 radical (unpaired) electrons. The summed E-state index contributed by atoms with van der Waals surface area (Å²) in [6.07, 6.45) is 1.09. The fourth-order valence-electron chi connectivity index (χ4n) is 3.10. The smallest absolute Gasteiger partial charge is 0.231 e. The SMILES string of the molecule is COc1ccc(CCC(=O)NCCOc2ccc3nnc(-c4ccccc4)n3n2)cc1. The Labute approximate surface area is 179 Å². The number of hydrogen-bond donors (Lipinski definition) is 1. The Morgan fingerprint density at radius 3 is 2.58 bits per heavy atom. The molecule has 2 aromatic carbocycles. The summed E-state index contributed by atoms with van der Waals surface area (Å²) in [4.78, 5) is 12.1. The van der Waals surface area contributed by atoms with Gasteiger partial charge in [0.05, 0.1) is 13.7 Å². The standard InChI is InChI=1S/C23H23N5O3/c1-30-19-10-7-17(8-11-19)9-13-21(29)24-15-16-31-22-14-12-20-25-26-23(28(20)27-22)18-5-3-2-4-6-18/h2-8,10-12,14H,9,13,15-16H2,1H3,(H,24,29). The van der Waals surface area contributed by atoms with Crippen molar-refractivity contribution in [2.75, 3.05) is 20.3 Å². The summed E-state index contributed by atoms with van der Waals surface area (Å²) in [5.74, 6) is 1.87. The van der Waals surface area contributed by atoms with Gasteiger partial charge in [0.15, 0.2) is 11.5 Å². The lowest BCUT2D eigenvalue weighted by molar-refractivity contribution is -0.121. The molecule has 0 fully saturated rings. The average molecular weight is 417 g/mol. The minimum absolute atomic E-state index is 0.0204. The number of fused-ring (bicyclic) bond motifs is 1. The van der Waals surface area contributed by atoms with E-state index in [1.54, 1.807) is 23.8 Å². The van der Waals surface area contributed by atoms with Crippen molar-refractivity contribution in [3.8, 4) is 23.0 Å². The third kappa shape index (κ3) is 5.16. The first-order chi connectivity index (χ1) is 15.2. The number of ether oxygens (including phenoxy) is 2. The Balaban J connectivity index is 1.26. The Bertz CT molecular complexity index is 1140. The average Bonchev–Trinajstić information content (AvgIpc) is 3.25. The number of nitrogens with one attached hydrogen (secondary N) is 1. The van der Waals surface area contributed by atoms with Gasteiger partial charge in [0.2, 0.25) is 11.8 Å². The lowest BCUT2D eigenvalue weighted by Gasteiger charge is -2.08. The normalized spacial score (nSPS) is 10.7. The van der Waals surface area contributed by atoms with Crippen LogP contribution in [0.1, 0.15) is 12.0 Å². The van der Waals surface area contributed by atoms with Crippen LogP contribution in [0.3, 0.4) is 0 Å². The van der Waals surface area contributed by atoms with Crippen molar-refractivity contribution >= 4 is 11.6 Å². The van der Waals surface area contributed by atoms with Crippen molar-refractivity contribution in [2.45, 2.75) is 12.8 Å². The zero-order chi connectivity index (χ0) is 21.5. The maximum Gasteiger partial charge on any atom is 0.231 e. The van der Waals surface area contributed by atoms with Crippen LogP contribution in [0, 0.1) is 0 Å². The van der Waals surface area contributed by atoms with Gasteiger partial charge >= 0.3 is 0 Å². The van der Waals surface area contributed by atoms with E-state index < -0.39 is 0 Å². The molecule has 0 aliphatic carbocycles. The van der Waals surface area contributed by atoms with Gasteiger partial charge < -0.3 is 14.8 Å². The quantitative estimate of drug-likeness (QED) is 0.421. The second-order valence-corrected chi connectivity index (χ2v) is 6.88. The van der Waals surface area contributed by atoms with Crippen LogP contribution in [-0.2, 0) is 11.2 Å². The first kappa shape index (κ1) is 20.3. The van der Waals surface area contributed by atoms with Crippen molar-refractivity contribution in [3.63, 3.8) is 0 Å². The third-order valence-corrected chi connectivity index (χ3v) is 4.74. The van der Waals surface area contributed by atoms with Crippen molar-refractivity contribution in [2.24, 2.45) is 0 Å². The fourth-order valence-corrected chi connectivity index (χ4v) is 3.10. The highest BCUT2D eigenvalue weighted by molar-refractivity contribution is 5.76. The summed E-state index contributed by atoms with van der Waals surface area (Å²) in [6.45, 7) is 0.713. The van der Waals surface area contributed by atoms with Crippen LogP contribution in [-0.4, -0.2) is 46.0 Å². The molecule has 8 heteroatoms. The molecular weight excluding hydrogens is 394 g/mol. The van der Waals surface area contributed by atoms with Gasteiger partial charge in [0.25, 0.3) is 0 Å². The topological polar surface area (TPSA) is 90.6 Å². The van der Waals surface area contributed by atoms with Crippen LogP contribution in [0.4, 0.5) is 0 Å². The summed E-state index contributed by atoms with van der Waals surface area (Å²) < 4.78 is 12.5. The number of nitrogens with zero attached hydrogens (tertiary/aromatic N) is 4.